The zero-order valence-electron chi connectivity index (χ0n) is 8.32. The fourth-order valence-electron chi connectivity index (χ4n) is 1.03. The first kappa shape index (κ1) is 13.1. The monoisotopic (exact) mass is 313 g/mol. The van der Waals surface area contributed by atoms with Gasteiger partial charge in [-0.15, -0.1) is 11.3 Å². The number of aliphatic hydroxyl groups is 1. The second-order valence-electron chi connectivity index (χ2n) is 3.28. The van der Waals surface area contributed by atoms with Crippen LogP contribution in [-0.4, -0.2) is 19.6 Å². The van der Waals surface area contributed by atoms with Crippen LogP contribution in [0.3, 0.4) is 0 Å². The summed E-state index contributed by atoms with van der Waals surface area (Å²) in [5, 5.41) is 8.90. The van der Waals surface area contributed by atoms with E-state index in [1.54, 1.807) is 13.8 Å². The van der Waals surface area contributed by atoms with Gasteiger partial charge in [0.25, 0.3) is 0 Å². The van der Waals surface area contributed by atoms with Crippen LogP contribution >= 0.6 is 27.3 Å². The third-order valence-electron chi connectivity index (χ3n) is 1.54. The summed E-state index contributed by atoms with van der Waals surface area (Å²) in [6.07, 6.45) is 0. The van der Waals surface area contributed by atoms with Crippen molar-refractivity contribution in [2.75, 3.05) is 0 Å². The first-order chi connectivity index (χ1) is 6.86. The molecule has 2 N–H and O–H groups in total. The molecule has 15 heavy (non-hydrogen) atoms. The van der Waals surface area contributed by atoms with Crippen molar-refractivity contribution >= 4 is 37.3 Å². The Balaban J connectivity index is 3.09. The molecule has 0 saturated heterocycles. The summed E-state index contributed by atoms with van der Waals surface area (Å²) in [5.41, 5.74) is 0. The number of aliphatic hydroxyl groups excluding tert-OH is 1. The van der Waals surface area contributed by atoms with Crippen molar-refractivity contribution in [2.45, 2.75) is 31.4 Å². The Morgan fingerprint density at radius 3 is 2.60 bits per heavy atom. The fraction of sp³-hybridized carbons (Fsp3) is 0.500. The van der Waals surface area contributed by atoms with Gasteiger partial charge < -0.3 is 5.11 Å². The molecular weight excluding hydrogens is 302 g/mol. The summed E-state index contributed by atoms with van der Waals surface area (Å²) in [4.78, 5) is 0.802. The summed E-state index contributed by atoms with van der Waals surface area (Å²) in [6.45, 7) is 3.36. The molecule has 0 aliphatic carbocycles. The predicted octanol–water partition coefficient (Wildman–Crippen LogP) is 1.69. The van der Waals surface area contributed by atoms with Gasteiger partial charge in [-0.2, -0.15) is 0 Å². The van der Waals surface area contributed by atoms with E-state index in [4.69, 9.17) is 5.11 Å². The van der Waals surface area contributed by atoms with Gasteiger partial charge in [-0.1, -0.05) is 0 Å². The molecule has 0 spiro atoms. The number of hydrogen-bond donors (Lipinski definition) is 2. The highest BCUT2D eigenvalue weighted by molar-refractivity contribution is 9.11. The Kier molecular flexibility index (Phi) is 4.30. The van der Waals surface area contributed by atoms with Gasteiger partial charge in [0, 0.05) is 10.9 Å². The smallest absolute Gasteiger partial charge is 0.242 e. The van der Waals surface area contributed by atoms with Gasteiger partial charge in [0.1, 0.15) is 4.90 Å². The molecule has 0 unspecified atom stereocenters. The first-order valence-electron chi connectivity index (χ1n) is 4.28. The van der Waals surface area contributed by atoms with Crippen LogP contribution in [0.25, 0.3) is 0 Å². The summed E-state index contributed by atoms with van der Waals surface area (Å²) in [6, 6.07) is 1.32. The highest BCUT2D eigenvalue weighted by atomic mass is 79.9. The maximum atomic E-state index is 11.8. The zero-order valence-corrected chi connectivity index (χ0v) is 11.5. The van der Waals surface area contributed by atoms with E-state index in [9.17, 15) is 8.42 Å². The van der Waals surface area contributed by atoms with Crippen LogP contribution in [0.5, 0.6) is 0 Å². The van der Waals surface area contributed by atoms with Crippen LogP contribution in [0.4, 0.5) is 0 Å². The molecule has 1 rings (SSSR count). The Hall–Kier alpha value is 0.0500. The molecule has 4 nitrogen and oxygen atoms in total. The van der Waals surface area contributed by atoms with Gasteiger partial charge in [-0.25, -0.2) is 13.1 Å². The number of thiophene rings is 1. The molecule has 86 valence electrons. The molecule has 1 aromatic rings. The lowest BCUT2D eigenvalue weighted by atomic mass is 10.4. The summed E-state index contributed by atoms with van der Waals surface area (Å²) in [5.74, 6) is 0. The van der Waals surface area contributed by atoms with Gasteiger partial charge in [0.05, 0.1) is 10.4 Å². The number of hydrogen-bond acceptors (Lipinski definition) is 4. The summed E-state index contributed by atoms with van der Waals surface area (Å²) in [7, 11) is -3.48. The average Bonchev–Trinajstić information content (AvgIpc) is 2.45. The van der Waals surface area contributed by atoms with Crippen molar-refractivity contribution in [3.8, 4) is 0 Å². The van der Waals surface area contributed by atoms with Crippen LogP contribution < -0.4 is 4.72 Å². The third kappa shape index (κ3) is 3.25. The Labute approximate surface area is 102 Å². The van der Waals surface area contributed by atoms with Crippen LogP contribution in [0.15, 0.2) is 14.7 Å². The summed E-state index contributed by atoms with van der Waals surface area (Å²) >= 11 is 4.39. The SMILES string of the molecule is CC(C)NS(=O)(=O)c1cc(CO)sc1Br. The molecule has 0 atom stereocenters. The van der Waals surface area contributed by atoms with E-state index >= 15 is 0 Å². The molecule has 0 fully saturated rings. The molecule has 1 aromatic heterocycles. The minimum Gasteiger partial charge on any atom is -0.391 e. The van der Waals surface area contributed by atoms with Crippen molar-refractivity contribution in [1.82, 2.24) is 4.72 Å². The number of sulfonamides is 1. The molecule has 1 heterocycles. The molecule has 0 amide bonds. The molecule has 0 aliphatic heterocycles. The van der Waals surface area contributed by atoms with Crippen molar-refractivity contribution in [3.63, 3.8) is 0 Å². The number of rotatable bonds is 4. The van der Waals surface area contributed by atoms with E-state index in [-0.39, 0.29) is 17.5 Å². The van der Waals surface area contributed by atoms with E-state index in [1.165, 1.54) is 17.4 Å². The average molecular weight is 314 g/mol. The van der Waals surface area contributed by atoms with Gasteiger partial charge in [0.15, 0.2) is 0 Å². The van der Waals surface area contributed by atoms with Crippen molar-refractivity contribution < 1.29 is 13.5 Å². The van der Waals surface area contributed by atoms with Crippen LogP contribution in [-0.2, 0) is 16.6 Å². The lowest BCUT2D eigenvalue weighted by Gasteiger charge is -2.07. The van der Waals surface area contributed by atoms with Gasteiger partial charge in [-0.05, 0) is 35.8 Å². The molecule has 0 aromatic carbocycles. The molecule has 0 aliphatic rings. The standard InChI is InChI=1S/C8H12BrNO3S2/c1-5(2)10-15(12,13)7-3-6(4-11)14-8(7)9/h3,5,10-11H,4H2,1-2H3. The van der Waals surface area contributed by atoms with Gasteiger partial charge in [0.2, 0.25) is 10.0 Å². The van der Waals surface area contributed by atoms with Crippen LogP contribution in [0.2, 0.25) is 0 Å². The highest BCUT2D eigenvalue weighted by Crippen LogP contribution is 2.31. The minimum atomic E-state index is -3.48. The quantitative estimate of drug-likeness (QED) is 0.889. The lowest BCUT2D eigenvalue weighted by molar-refractivity contribution is 0.285. The largest absolute Gasteiger partial charge is 0.391 e. The minimum absolute atomic E-state index is 0.152. The zero-order chi connectivity index (χ0) is 11.6. The van der Waals surface area contributed by atoms with Crippen molar-refractivity contribution in [1.29, 1.82) is 0 Å². The maximum Gasteiger partial charge on any atom is 0.242 e. The van der Waals surface area contributed by atoms with Crippen molar-refractivity contribution in [2.24, 2.45) is 0 Å². The molecule has 0 bridgehead atoms. The van der Waals surface area contributed by atoms with Crippen LogP contribution in [0, 0.1) is 0 Å². The van der Waals surface area contributed by atoms with E-state index in [1.807, 2.05) is 0 Å². The van der Waals surface area contributed by atoms with E-state index in [2.05, 4.69) is 20.7 Å². The normalized spacial score (nSPS) is 12.3. The van der Waals surface area contributed by atoms with E-state index < -0.39 is 10.0 Å². The van der Waals surface area contributed by atoms with E-state index in [0.29, 0.717) is 8.66 Å². The Morgan fingerprint density at radius 1 is 1.60 bits per heavy atom. The Bertz CT molecular complexity index is 439. The lowest BCUT2D eigenvalue weighted by Crippen LogP contribution is -2.30. The van der Waals surface area contributed by atoms with Gasteiger partial charge in [-0.3, -0.25) is 0 Å². The molecule has 0 saturated carbocycles. The second kappa shape index (κ2) is 4.92. The number of nitrogens with one attached hydrogen (secondary N) is 1. The second-order valence-corrected chi connectivity index (χ2v) is 7.42. The van der Waals surface area contributed by atoms with Gasteiger partial charge >= 0.3 is 0 Å². The molecule has 7 heteroatoms. The number of halogens is 1. The topological polar surface area (TPSA) is 66.4 Å². The molecular formula is C8H12BrNO3S2. The fourth-order valence-corrected chi connectivity index (χ4v) is 4.83. The van der Waals surface area contributed by atoms with Crippen molar-refractivity contribution in [3.05, 3.63) is 14.7 Å². The van der Waals surface area contributed by atoms with Crippen LogP contribution in [0.1, 0.15) is 18.7 Å². The predicted molar refractivity (Wildman–Crippen MR) is 63.4 cm³/mol. The Morgan fingerprint density at radius 2 is 2.20 bits per heavy atom. The highest BCUT2D eigenvalue weighted by Gasteiger charge is 2.21. The maximum absolute atomic E-state index is 11.8. The third-order valence-corrected chi connectivity index (χ3v) is 5.44. The molecule has 0 radical (unpaired) electrons. The van der Waals surface area contributed by atoms with E-state index in [0.717, 1.165) is 0 Å². The summed E-state index contributed by atoms with van der Waals surface area (Å²) < 4.78 is 26.5. The first-order valence-corrected chi connectivity index (χ1v) is 7.37.